The number of methoxy groups -OCH3 is 3. The fraction of sp³-hybridized carbons (Fsp3) is 0.174. The molecule has 30 heavy (non-hydrogen) atoms. The Labute approximate surface area is 173 Å². The number of carbonyl (C=O) groups is 3. The molecule has 2 aromatic carbocycles. The van der Waals surface area contributed by atoms with Gasteiger partial charge in [0, 0.05) is 6.08 Å². The molecular formula is C23H20O7. The van der Waals surface area contributed by atoms with E-state index in [1.54, 1.807) is 37.4 Å². The lowest BCUT2D eigenvalue weighted by Gasteiger charge is -2.17. The number of carbonyl (C=O) groups excluding carboxylic acids is 3. The van der Waals surface area contributed by atoms with Crippen LogP contribution < -0.4 is 9.47 Å². The third kappa shape index (κ3) is 4.10. The number of allylic oxidation sites excluding steroid dienone is 2. The van der Waals surface area contributed by atoms with Gasteiger partial charge < -0.3 is 18.9 Å². The lowest BCUT2D eigenvalue weighted by molar-refractivity contribution is -0.120. The number of hydrogen-bond donors (Lipinski definition) is 0. The molecular weight excluding hydrogens is 388 g/mol. The van der Waals surface area contributed by atoms with Crippen molar-refractivity contribution in [2.75, 3.05) is 21.3 Å². The number of benzene rings is 2. The van der Waals surface area contributed by atoms with Crippen LogP contribution in [0, 0.1) is 0 Å². The molecule has 3 rings (SSSR count). The first-order valence-electron chi connectivity index (χ1n) is 9.02. The molecule has 0 radical (unpaired) electrons. The average molecular weight is 408 g/mol. The minimum absolute atomic E-state index is 0.162. The first kappa shape index (κ1) is 20.9. The molecule has 0 unspecified atom stereocenters. The van der Waals surface area contributed by atoms with Crippen LogP contribution >= 0.6 is 0 Å². The number of para-hydroxylation sites is 1. The van der Waals surface area contributed by atoms with Crippen molar-refractivity contribution in [3.63, 3.8) is 0 Å². The van der Waals surface area contributed by atoms with Crippen LogP contribution in [0.25, 0.3) is 0 Å². The van der Waals surface area contributed by atoms with Crippen molar-refractivity contribution in [3.8, 4) is 11.5 Å². The Morgan fingerprint density at radius 2 is 1.50 bits per heavy atom. The predicted octanol–water partition coefficient (Wildman–Crippen LogP) is 3.04. The standard InChI is InChI=1S/C23H20O7/c1-27-15-10-8-14(9-11-15)13-30-19-7-5-4-6-16(19)20(25)17-12-18(24)22(28-2)23(29-3)21(17)26/h4-12H,13H2,1-3H3. The number of hydrogen-bond acceptors (Lipinski definition) is 7. The summed E-state index contributed by atoms with van der Waals surface area (Å²) in [7, 11) is 4.07. The molecule has 0 bridgehead atoms. The molecule has 0 atom stereocenters. The van der Waals surface area contributed by atoms with Crippen LogP contribution in [0.15, 0.2) is 71.7 Å². The molecule has 0 aliphatic heterocycles. The monoisotopic (exact) mass is 408 g/mol. The van der Waals surface area contributed by atoms with Crippen LogP contribution in [0.4, 0.5) is 0 Å². The molecule has 0 aromatic heterocycles. The molecule has 0 amide bonds. The molecule has 0 saturated heterocycles. The SMILES string of the molecule is COC1=C(OC)C(=O)C(C(=O)c2ccccc2OCc2ccc(OC)cc2)=CC1=O. The van der Waals surface area contributed by atoms with E-state index < -0.39 is 17.3 Å². The van der Waals surface area contributed by atoms with Gasteiger partial charge in [-0.15, -0.1) is 0 Å². The Morgan fingerprint density at radius 1 is 0.833 bits per heavy atom. The van der Waals surface area contributed by atoms with E-state index in [2.05, 4.69) is 0 Å². The van der Waals surface area contributed by atoms with Crippen LogP contribution in [0.2, 0.25) is 0 Å². The maximum atomic E-state index is 13.1. The Bertz CT molecular complexity index is 1050. The average Bonchev–Trinajstić information content (AvgIpc) is 2.78. The smallest absolute Gasteiger partial charge is 0.235 e. The molecule has 1 aliphatic carbocycles. The van der Waals surface area contributed by atoms with E-state index in [4.69, 9.17) is 18.9 Å². The highest BCUT2D eigenvalue weighted by molar-refractivity contribution is 6.36. The van der Waals surface area contributed by atoms with E-state index in [-0.39, 0.29) is 29.3 Å². The third-order valence-electron chi connectivity index (χ3n) is 4.49. The van der Waals surface area contributed by atoms with Crippen molar-refractivity contribution in [2.24, 2.45) is 0 Å². The highest BCUT2D eigenvalue weighted by atomic mass is 16.5. The summed E-state index contributed by atoms with van der Waals surface area (Å²) in [6.45, 7) is 0.206. The Kier molecular flexibility index (Phi) is 6.32. The summed E-state index contributed by atoms with van der Waals surface area (Å²) < 4.78 is 20.9. The minimum Gasteiger partial charge on any atom is -0.497 e. The van der Waals surface area contributed by atoms with Crippen LogP contribution in [-0.4, -0.2) is 38.7 Å². The van der Waals surface area contributed by atoms with Gasteiger partial charge in [-0.3, -0.25) is 14.4 Å². The second-order valence-electron chi connectivity index (χ2n) is 6.28. The lowest BCUT2D eigenvalue weighted by atomic mass is 9.93. The van der Waals surface area contributed by atoms with E-state index in [9.17, 15) is 14.4 Å². The second kappa shape index (κ2) is 9.09. The van der Waals surface area contributed by atoms with Gasteiger partial charge in [0.1, 0.15) is 18.1 Å². The van der Waals surface area contributed by atoms with Crippen LogP contribution in [0.5, 0.6) is 11.5 Å². The van der Waals surface area contributed by atoms with Gasteiger partial charge in [0.25, 0.3) is 0 Å². The molecule has 7 heteroatoms. The normalized spacial score (nSPS) is 13.6. The van der Waals surface area contributed by atoms with Gasteiger partial charge in [0.2, 0.25) is 28.9 Å². The Hall–Kier alpha value is -3.87. The molecule has 0 saturated carbocycles. The number of rotatable bonds is 8. The predicted molar refractivity (Wildman–Crippen MR) is 107 cm³/mol. The van der Waals surface area contributed by atoms with Crippen molar-refractivity contribution in [2.45, 2.75) is 6.61 Å². The summed E-state index contributed by atoms with van der Waals surface area (Å²) in [6, 6.07) is 13.8. The highest BCUT2D eigenvalue weighted by Crippen LogP contribution is 2.27. The zero-order valence-corrected chi connectivity index (χ0v) is 16.8. The van der Waals surface area contributed by atoms with Crippen LogP contribution in [0.1, 0.15) is 15.9 Å². The molecule has 0 fully saturated rings. The molecule has 0 spiro atoms. The summed E-state index contributed by atoms with van der Waals surface area (Å²) in [5, 5.41) is 0. The number of ketones is 3. The minimum atomic E-state index is -0.719. The number of Topliss-reactive ketones (excluding diaryl/α,β-unsaturated/α-hetero) is 2. The summed E-state index contributed by atoms with van der Waals surface area (Å²) in [5.74, 6) is -1.49. The quantitative estimate of drug-likeness (QED) is 0.377. The molecule has 154 valence electrons. The zero-order chi connectivity index (χ0) is 21.7. The topological polar surface area (TPSA) is 88.1 Å². The first-order valence-corrected chi connectivity index (χ1v) is 9.02. The van der Waals surface area contributed by atoms with E-state index >= 15 is 0 Å². The fourth-order valence-corrected chi connectivity index (χ4v) is 2.95. The van der Waals surface area contributed by atoms with Gasteiger partial charge in [0.05, 0.1) is 32.5 Å². The summed E-state index contributed by atoms with van der Waals surface area (Å²) in [5.41, 5.74) is 0.725. The fourth-order valence-electron chi connectivity index (χ4n) is 2.95. The second-order valence-corrected chi connectivity index (χ2v) is 6.28. The molecule has 0 heterocycles. The molecule has 1 aliphatic rings. The largest absolute Gasteiger partial charge is 0.497 e. The number of ether oxygens (including phenoxy) is 4. The van der Waals surface area contributed by atoms with Gasteiger partial charge in [-0.25, -0.2) is 0 Å². The summed E-state index contributed by atoms with van der Waals surface area (Å²) in [4.78, 5) is 38.0. The Morgan fingerprint density at radius 3 is 2.13 bits per heavy atom. The van der Waals surface area contributed by atoms with Gasteiger partial charge in [-0.2, -0.15) is 0 Å². The van der Waals surface area contributed by atoms with Crippen molar-refractivity contribution in [1.82, 2.24) is 0 Å². The van der Waals surface area contributed by atoms with Crippen molar-refractivity contribution in [1.29, 1.82) is 0 Å². The van der Waals surface area contributed by atoms with Gasteiger partial charge >= 0.3 is 0 Å². The van der Waals surface area contributed by atoms with Gasteiger partial charge in [0.15, 0.2) is 0 Å². The van der Waals surface area contributed by atoms with E-state index in [1.807, 2.05) is 12.1 Å². The maximum Gasteiger partial charge on any atom is 0.235 e. The van der Waals surface area contributed by atoms with Gasteiger partial charge in [-0.1, -0.05) is 24.3 Å². The summed E-state index contributed by atoms with van der Waals surface area (Å²) >= 11 is 0. The van der Waals surface area contributed by atoms with Crippen molar-refractivity contribution >= 4 is 17.3 Å². The molecule has 0 N–H and O–H groups in total. The molecule has 7 nitrogen and oxygen atoms in total. The first-order chi connectivity index (χ1) is 14.5. The molecule has 2 aromatic rings. The summed E-state index contributed by atoms with van der Waals surface area (Å²) in [6.07, 6.45) is 0.965. The van der Waals surface area contributed by atoms with Crippen molar-refractivity contribution in [3.05, 3.63) is 82.8 Å². The maximum absolute atomic E-state index is 13.1. The van der Waals surface area contributed by atoms with Crippen LogP contribution in [0.3, 0.4) is 0 Å². The van der Waals surface area contributed by atoms with Crippen LogP contribution in [-0.2, 0) is 25.7 Å². The van der Waals surface area contributed by atoms with Crippen molar-refractivity contribution < 1.29 is 33.3 Å². The van der Waals surface area contributed by atoms with Gasteiger partial charge in [-0.05, 0) is 29.8 Å². The van der Waals surface area contributed by atoms with E-state index in [0.717, 1.165) is 17.4 Å². The lowest BCUT2D eigenvalue weighted by Crippen LogP contribution is -2.26. The Balaban J connectivity index is 1.85. The van der Waals surface area contributed by atoms with E-state index in [1.165, 1.54) is 20.3 Å². The van der Waals surface area contributed by atoms with E-state index in [0.29, 0.717) is 5.75 Å². The highest BCUT2D eigenvalue weighted by Gasteiger charge is 2.35. The zero-order valence-electron chi connectivity index (χ0n) is 16.8. The third-order valence-corrected chi connectivity index (χ3v) is 4.49.